The van der Waals surface area contributed by atoms with Crippen LogP contribution in [-0.4, -0.2) is 22.1 Å². The molecule has 0 spiro atoms. The average Bonchev–Trinajstić information content (AvgIpc) is 2.65. The van der Waals surface area contributed by atoms with Crippen LogP contribution in [0.4, 0.5) is 0 Å². The van der Waals surface area contributed by atoms with Gasteiger partial charge in [-0.15, -0.1) is 0 Å². The van der Waals surface area contributed by atoms with Crippen molar-refractivity contribution in [1.29, 1.82) is 0 Å². The zero-order valence-electron chi connectivity index (χ0n) is 11.0. The maximum Gasteiger partial charge on any atom is 0.0950 e. The minimum Gasteiger partial charge on any atom is -0.332 e. The maximum absolute atomic E-state index is 4.22. The van der Waals surface area contributed by atoms with Gasteiger partial charge in [-0.05, 0) is 39.7 Å². The van der Waals surface area contributed by atoms with Crippen molar-refractivity contribution < 1.29 is 0 Å². The Morgan fingerprint density at radius 2 is 2.00 bits per heavy atom. The van der Waals surface area contributed by atoms with Crippen molar-refractivity contribution in [1.82, 2.24) is 14.9 Å². The Kier molecular flexibility index (Phi) is 5.53. The fourth-order valence-corrected chi connectivity index (χ4v) is 1.81. The number of nitrogens with one attached hydrogen (secondary N) is 1. The summed E-state index contributed by atoms with van der Waals surface area (Å²) >= 11 is 0. The number of hydrogen-bond acceptors (Lipinski definition) is 2. The lowest BCUT2D eigenvalue weighted by atomic mass is 10.2. The molecule has 1 aromatic heterocycles. The zero-order chi connectivity index (χ0) is 12.0. The predicted octanol–water partition coefficient (Wildman–Crippen LogP) is 2.78. The molecular formula is C13H25N3. The van der Waals surface area contributed by atoms with Crippen LogP contribution in [0, 0.1) is 0 Å². The van der Waals surface area contributed by atoms with E-state index < -0.39 is 0 Å². The predicted molar refractivity (Wildman–Crippen MR) is 68.7 cm³/mol. The molecule has 1 aromatic rings. The van der Waals surface area contributed by atoms with Crippen LogP contribution in [0.1, 0.15) is 52.3 Å². The SMILES string of the molecule is CC(C)NCCCCc1cncn1C(C)C. The van der Waals surface area contributed by atoms with Gasteiger partial charge in [-0.25, -0.2) is 4.98 Å². The van der Waals surface area contributed by atoms with E-state index in [4.69, 9.17) is 0 Å². The van der Waals surface area contributed by atoms with Crippen molar-refractivity contribution >= 4 is 0 Å². The Balaban J connectivity index is 2.24. The summed E-state index contributed by atoms with van der Waals surface area (Å²) in [5.41, 5.74) is 1.36. The largest absolute Gasteiger partial charge is 0.332 e. The zero-order valence-corrected chi connectivity index (χ0v) is 11.0. The first-order valence-electron chi connectivity index (χ1n) is 6.35. The second kappa shape index (κ2) is 6.69. The van der Waals surface area contributed by atoms with Crippen molar-refractivity contribution in [3.8, 4) is 0 Å². The van der Waals surface area contributed by atoms with E-state index in [-0.39, 0.29) is 0 Å². The third-order valence-electron chi connectivity index (χ3n) is 2.71. The summed E-state index contributed by atoms with van der Waals surface area (Å²) in [6.07, 6.45) is 7.54. The molecule has 16 heavy (non-hydrogen) atoms. The number of aromatic nitrogens is 2. The monoisotopic (exact) mass is 223 g/mol. The lowest BCUT2D eigenvalue weighted by molar-refractivity contribution is 0.537. The molecule has 0 bridgehead atoms. The molecular weight excluding hydrogens is 198 g/mol. The van der Waals surface area contributed by atoms with Crippen molar-refractivity contribution in [3.63, 3.8) is 0 Å². The lowest BCUT2D eigenvalue weighted by Crippen LogP contribution is -2.23. The number of hydrogen-bond donors (Lipinski definition) is 1. The van der Waals surface area contributed by atoms with Gasteiger partial charge in [0.15, 0.2) is 0 Å². The molecule has 0 saturated carbocycles. The average molecular weight is 223 g/mol. The van der Waals surface area contributed by atoms with E-state index in [0.29, 0.717) is 12.1 Å². The number of imidazole rings is 1. The highest BCUT2D eigenvalue weighted by atomic mass is 15.1. The third kappa shape index (κ3) is 4.35. The van der Waals surface area contributed by atoms with E-state index in [1.54, 1.807) is 0 Å². The van der Waals surface area contributed by atoms with Gasteiger partial charge in [0.25, 0.3) is 0 Å². The molecule has 0 aliphatic rings. The molecule has 0 amide bonds. The van der Waals surface area contributed by atoms with Gasteiger partial charge < -0.3 is 9.88 Å². The molecule has 92 valence electrons. The molecule has 0 atom stereocenters. The molecule has 0 aromatic carbocycles. The van der Waals surface area contributed by atoms with E-state index in [0.717, 1.165) is 13.0 Å². The van der Waals surface area contributed by atoms with Gasteiger partial charge in [-0.1, -0.05) is 13.8 Å². The molecule has 3 nitrogen and oxygen atoms in total. The van der Waals surface area contributed by atoms with Gasteiger partial charge in [0, 0.05) is 24.0 Å². The van der Waals surface area contributed by atoms with Crippen LogP contribution >= 0.6 is 0 Å². The lowest BCUT2D eigenvalue weighted by Gasteiger charge is -2.12. The van der Waals surface area contributed by atoms with Crippen molar-refractivity contribution in [3.05, 3.63) is 18.2 Å². The van der Waals surface area contributed by atoms with Crippen LogP contribution < -0.4 is 5.32 Å². The Bertz CT molecular complexity index is 289. The highest BCUT2D eigenvalue weighted by Gasteiger charge is 2.04. The summed E-state index contributed by atoms with van der Waals surface area (Å²) in [6, 6.07) is 1.12. The first-order valence-corrected chi connectivity index (χ1v) is 6.35. The molecule has 1 N–H and O–H groups in total. The first kappa shape index (κ1) is 13.2. The maximum atomic E-state index is 4.22. The molecule has 0 aliphatic carbocycles. The van der Waals surface area contributed by atoms with Crippen LogP contribution in [-0.2, 0) is 6.42 Å². The van der Waals surface area contributed by atoms with Gasteiger partial charge in [-0.3, -0.25) is 0 Å². The second-order valence-corrected chi connectivity index (χ2v) is 4.95. The van der Waals surface area contributed by atoms with Crippen molar-refractivity contribution in [2.24, 2.45) is 0 Å². The standard InChI is InChI=1S/C13H25N3/c1-11(2)15-8-6-5-7-13-9-14-10-16(13)12(3)4/h9-12,15H,5-8H2,1-4H3. The van der Waals surface area contributed by atoms with Crippen LogP contribution in [0.25, 0.3) is 0 Å². The van der Waals surface area contributed by atoms with Gasteiger partial charge >= 0.3 is 0 Å². The summed E-state index contributed by atoms with van der Waals surface area (Å²) in [5.74, 6) is 0. The molecule has 0 radical (unpaired) electrons. The molecule has 0 aliphatic heterocycles. The Morgan fingerprint density at radius 3 is 2.62 bits per heavy atom. The normalized spacial score (nSPS) is 11.6. The summed E-state index contributed by atoms with van der Waals surface area (Å²) < 4.78 is 2.26. The molecule has 1 heterocycles. The van der Waals surface area contributed by atoms with Gasteiger partial charge in [-0.2, -0.15) is 0 Å². The first-order chi connectivity index (χ1) is 7.61. The van der Waals surface area contributed by atoms with Crippen LogP contribution in [0.3, 0.4) is 0 Å². The topological polar surface area (TPSA) is 29.9 Å². The molecule has 0 saturated heterocycles. The van der Waals surface area contributed by atoms with Gasteiger partial charge in [0.05, 0.1) is 6.33 Å². The Morgan fingerprint density at radius 1 is 1.25 bits per heavy atom. The second-order valence-electron chi connectivity index (χ2n) is 4.95. The number of unbranched alkanes of at least 4 members (excludes halogenated alkanes) is 1. The quantitative estimate of drug-likeness (QED) is 0.720. The van der Waals surface area contributed by atoms with E-state index in [9.17, 15) is 0 Å². The van der Waals surface area contributed by atoms with Crippen LogP contribution in [0.5, 0.6) is 0 Å². The smallest absolute Gasteiger partial charge is 0.0950 e. The number of aryl methyl sites for hydroxylation is 1. The summed E-state index contributed by atoms with van der Waals surface area (Å²) in [4.78, 5) is 4.22. The highest BCUT2D eigenvalue weighted by Crippen LogP contribution is 2.11. The van der Waals surface area contributed by atoms with Crippen molar-refractivity contribution in [2.75, 3.05) is 6.54 Å². The molecule has 3 heteroatoms. The fourth-order valence-electron chi connectivity index (χ4n) is 1.81. The summed E-state index contributed by atoms with van der Waals surface area (Å²) in [7, 11) is 0. The van der Waals surface area contributed by atoms with Crippen LogP contribution in [0.15, 0.2) is 12.5 Å². The summed E-state index contributed by atoms with van der Waals surface area (Å²) in [5, 5.41) is 3.44. The van der Waals surface area contributed by atoms with E-state index >= 15 is 0 Å². The number of rotatable bonds is 7. The van der Waals surface area contributed by atoms with E-state index in [2.05, 4.69) is 42.6 Å². The Hall–Kier alpha value is -0.830. The minimum absolute atomic E-state index is 0.520. The molecule has 0 unspecified atom stereocenters. The van der Waals surface area contributed by atoms with E-state index in [1.165, 1.54) is 18.5 Å². The summed E-state index contributed by atoms with van der Waals surface area (Å²) in [6.45, 7) is 9.89. The Labute approximate surface area is 99.3 Å². The minimum atomic E-state index is 0.520. The molecule has 1 rings (SSSR count). The number of nitrogens with zero attached hydrogens (tertiary/aromatic N) is 2. The fraction of sp³-hybridized carbons (Fsp3) is 0.769. The van der Waals surface area contributed by atoms with Crippen LogP contribution in [0.2, 0.25) is 0 Å². The van der Waals surface area contributed by atoms with Crippen molar-refractivity contribution in [2.45, 2.75) is 59.0 Å². The molecule has 0 fully saturated rings. The van der Waals surface area contributed by atoms with Gasteiger partial charge in [0.2, 0.25) is 0 Å². The third-order valence-corrected chi connectivity index (χ3v) is 2.71. The van der Waals surface area contributed by atoms with E-state index in [1.807, 2.05) is 12.5 Å². The van der Waals surface area contributed by atoms with Gasteiger partial charge in [0.1, 0.15) is 0 Å². The highest BCUT2D eigenvalue weighted by molar-refractivity contribution is 4.99.